The highest BCUT2D eigenvalue weighted by Crippen LogP contribution is 2.33. The third kappa shape index (κ3) is 6.76. The molecule has 4 atom stereocenters. The Morgan fingerprint density at radius 2 is 1.76 bits per heavy atom. The van der Waals surface area contributed by atoms with E-state index < -0.39 is 12.2 Å². The molecular weight excluding hydrogens is 460 g/mol. The summed E-state index contributed by atoms with van der Waals surface area (Å²) in [6, 6.07) is 25.3. The summed E-state index contributed by atoms with van der Waals surface area (Å²) in [4.78, 5) is 12.6. The Bertz CT molecular complexity index is 1220. The van der Waals surface area contributed by atoms with Gasteiger partial charge in [0.15, 0.2) is 0 Å². The molecule has 5 nitrogen and oxygen atoms in total. The Morgan fingerprint density at radius 3 is 2.46 bits per heavy atom. The lowest BCUT2D eigenvalue weighted by Crippen LogP contribution is -2.36. The lowest BCUT2D eigenvalue weighted by atomic mass is 9.89. The molecule has 0 aliphatic heterocycles. The number of aliphatic hydroxyl groups is 2. The number of rotatable bonds is 11. The molecule has 0 saturated heterocycles. The summed E-state index contributed by atoms with van der Waals surface area (Å²) in [7, 11) is 0. The molecule has 0 spiro atoms. The SMILES string of the molecule is C=Cc1ccc(C(=O)NC[C@@H](O)C[C@@H](Cc2ccccc2)C(=CC)N[C@H]2c3ccccc3C[C@H]2O)cc1. The van der Waals surface area contributed by atoms with Gasteiger partial charge in [0.25, 0.3) is 5.91 Å². The third-order valence-corrected chi connectivity index (χ3v) is 7.07. The van der Waals surface area contributed by atoms with E-state index in [-0.39, 0.29) is 24.4 Å². The van der Waals surface area contributed by atoms with Gasteiger partial charge in [0.2, 0.25) is 0 Å². The van der Waals surface area contributed by atoms with Gasteiger partial charge in [0, 0.05) is 30.1 Å². The Balaban J connectivity index is 1.45. The van der Waals surface area contributed by atoms with E-state index in [1.165, 1.54) is 5.56 Å². The van der Waals surface area contributed by atoms with Crippen LogP contribution in [-0.4, -0.2) is 34.9 Å². The van der Waals surface area contributed by atoms with Gasteiger partial charge < -0.3 is 20.8 Å². The number of nitrogens with one attached hydrogen (secondary N) is 2. The number of aliphatic hydroxyl groups excluding tert-OH is 2. The maximum atomic E-state index is 12.6. The van der Waals surface area contributed by atoms with Gasteiger partial charge in [0.05, 0.1) is 18.2 Å². The van der Waals surface area contributed by atoms with Gasteiger partial charge in [-0.3, -0.25) is 4.79 Å². The molecule has 0 radical (unpaired) electrons. The maximum Gasteiger partial charge on any atom is 0.251 e. The van der Waals surface area contributed by atoms with Gasteiger partial charge >= 0.3 is 0 Å². The molecule has 192 valence electrons. The minimum Gasteiger partial charge on any atom is -0.391 e. The van der Waals surface area contributed by atoms with Crippen LogP contribution in [0.25, 0.3) is 6.08 Å². The largest absolute Gasteiger partial charge is 0.391 e. The smallest absolute Gasteiger partial charge is 0.251 e. The predicted octanol–water partition coefficient (Wildman–Crippen LogP) is 4.82. The summed E-state index contributed by atoms with van der Waals surface area (Å²) < 4.78 is 0. The average molecular weight is 497 g/mol. The Labute approximate surface area is 219 Å². The molecular formula is C32H36N2O3. The van der Waals surface area contributed by atoms with Gasteiger partial charge in [-0.2, -0.15) is 0 Å². The second kappa shape index (κ2) is 12.5. The van der Waals surface area contributed by atoms with Gasteiger partial charge in [-0.05, 0) is 54.2 Å². The van der Waals surface area contributed by atoms with Crippen LogP contribution in [0.5, 0.6) is 0 Å². The molecule has 0 fully saturated rings. The molecule has 1 amide bonds. The molecule has 3 aromatic rings. The van der Waals surface area contributed by atoms with E-state index in [0.717, 1.165) is 28.8 Å². The van der Waals surface area contributed by atoms with Crippen LogP contribution in [0.1, 0.15) is 52.0 Å². The normalized spacial score (nSPS) is 18.5. The molecule has 0 aromatic heterocycles. The van der Waals surface area contributed by atoms with Crippen molar-refractivity contribution in [2.75, 3.05) is 6.54 Å². The van der Waals surface area contributed by atoms with E-state index in [0.29, 0.717) is 18.4 Å². The zero-order valence-electron chi connectivity index (χ0n) is 21.3. The highest BCUT2D eigenvalue weighted by atomic mass is 16.3. The number of carbonyl (C=O) groups excluding carboxylic acids is 1. The zero-order valence-corrected chi connectivity index (χ0v) is 21.3. The number of benzene rings is 3. The quantitative estimate of drug-likeness (QED) is 0.307. The molecule has 37 heavy (non-hydrogen) atoms. The van der Waals surface area contributed by atoms with Gasteiger partial charge in [0.1, 0.15) is 0 Å². The molecule has 3 aromatic carbocycles. The van der Waals surface area contributed by atoms with Gasteiger partial charge in [-0.1, -0.05) is 85.5 Å². The number of carbonyl (C=O) groups is 1. The summed E-state index contributed by atoms with van der Waals surface area (Å²) in [6.07, 6.45) is 4.33. The van der Waals surface area contributed by atoms with Crippen molar-refractivity contribution < 1.29 is 15.0 Å². The van der Waals surface area contributed by atoms with E-state index in [1.807, 2.05) is 55.5 Å². The zero-order chi connectivity index (χ0) is 26.2. The molecule has 0 saturated carbocycles. The van der Waals surface area contributed by atoms with Gasteiger partial charge in [-0.15, -0.1) is 0 Å². The summed E-state index contributed by atoms with van der Waals surface area (Å²) >= 11 is 0. The first kappa shape index (κ1) is 26.4. The van der Waals surface area contributed by atoms with Crippen LogP contribution in [0.3, 0.4) is 0 Å². The Kier molecular flexibility index (Phi) is 8.94. The molecule has 1 aliphatic carbocycles. The van der Waals surface area contributed by atoms with E-state index in [9.17, 15) is 15.0 Å². The minimum absolute atomic E-state index is 0.0221. The van der Waals surface area contributed by atoms with Crippen molar-refractivity contribution in [3.05, 3.63) is 125 Å². The van der Waals surface area contributed by atoms with Crippen molar-refractivity contribution in [2.45, 2.75) is 44.4 Å². The summed E-state index contributed by atoms with van der Waals surface area (Å²) in [5.41, 5.74) is 5.91. The van der Waals surface area contributed by atoms with Crippen molar-refractivity contribution >= 4 is 12.0 Å². The number of allylic oxidation sites excluding steroid dienone is 2. The van der Waals surface area contributed by atoms with Crippen molar-refractivity contribution in [3.63, 3.8) is 0 Å². The van der Waals surface area contributed by atoms with Crippen LogP contribution in [0.15, 0.2) is 97.2 Å². The first-order valence-corrected chi connectivity index (χ1v) is 12.9. The number of hydrogen-bond acceptors (Lipinski definition) is 4. The van der Waals surface area contributed by atoms with E-state index in [4.69, 9.17) is 0 Å². The minimum atomic E-state index is -0.734. The molecule has 4 N–H and O–H groups in total. The van der Waals surface area contributed by atoms with Crippen molar-refractivity contribution in [1.82, 2.24) is 10.6 Å². The summed E-state index contributed by atoms with van der Waals surface area (Å²) in [6.45, 7) is 5.87. The van der Waals surface area contributed by atoms with Crippen LogP contribution in [-0.2, 0) is 12.8 Å². The molecule has 4 rings (SSSR count). The topological polar surface area (TPSA) is 81.6 Å². The maximum absolute atomic E-state index is 12.6. The first-order chi connectivity index (χ1) is 18.0. The highest BCUT2D eigenvalue weighted by Gasteiger charge is 2.32. The van der Waals surface area contributed by atoms with Crippen molar-refractivity contribution in [1.29, 1.82) is 0 Å². The fourth-order valence-corrected chi connectivity index (χ4v) is 5.08. The number of fused-ring (bicyclic) bond motifs is 1. The van der Waals surface area contributed by atoms with E-state index in [2.05, 4.69) is 41.5 Å². The Morgan fingerprint density at radius 1 is 1.05 bits per heavy atom. The third-order valence-electron chi connectivity index (χ3n) is 7.07. The monoisotopic (exact) mass is 496 g/mol. The van der Waals surface area contributed by atoms with Crippen molar-refractivity contribution in [3.8, 4) is 0 Å². The first-order valence-electron chi connectivity index (χ1n) is 12.9. The van der Waals surface area contributed by atoms with Crippen LogP contribution in [0.4, 0.5) is 0 Å². The van der Waals surface area contributed by atoms with Crippen LogP contribution in [0, 0.1) is 5.92 Å². The lowest BCUT2D eigenvalue weighted by molar-refractivity contribution is 0.0897. The Hall–Kier alpha value is -3.67. The molecule has 0 bridgehead atoms. The fourth-order valence-electron chi connectivity index (χ4n) is 5.08. The molecule has 0 heterocycles. The van der Waals surface area contributed by atoms with E-state index >= 15 is 0 Å². The predicted molar refractivity (Wildman–Crippen MR) is 149 cm³/mol. The lowest BCUT2D eigenvalue weighted by Gasteiger charge is -2.29. The van der Waals surface area contributed by atoms with Crippen LogP contribution in [0.2, 0.25) is 0 Å². The molecule has 5 heteroatoms. The van der Waals surface area contributed by atoms with Crippen LogP contribution >= 0.6 is 0 Å². The number of hydrogen-bond donors (Lipinski definition) is 4. The fraction of sp³-hybridized carbons (Fsp3) is 0.281. The average Bonchev–Trinajstić information content (AvgIpc) is 3.25. The second-order valence-electron chi connectivity index (χ2n) is 9.65. The summed E-state index contributed by atoms with van der Waals surface area (Å²) in [5, 5.41) is 28.2. The van der Waals surface area contributed by atoms with Gasteiger partial charge in [-0.25, -0.2) is 0 Å². The van der Waals surface area contributed by atoms with Crippen molar-refractivity contribution in [2.24, 2.45) is 5.92 Å². The highest BCUT2D eigenvalue weighted by molar-refractivity contribution is 5.94. The standard InChI is InChI=1S/C32H36N2O3/c1-3-22-14-16-24(17-15-22)32(37)33-21-27(35)19-26(18-23-10-6-5-7-11-23)29(4-2)34-31-28-13-9-8-12-25(28)20-30(31)36/h3-17,26-27,30-31,34-36H,1,18-21H2,2H3,(H,33,37)/t26-,27+,30-,31+/m1/s1. The number of amides is 1. The summed E-state index contributed by atoms with van der Waals surface area (Å²) in [5.74, 6) is -0.240. The second-order valence-corrected chi connectivity index (χ2v) is 9.65. The van der Waals surface area contributed by atoms with E-state index in [1.54, 1.807) is 18.2 Å². The molecule has 1 aliphatic rings. The van der Waals surface area contributed by atoms with Crippen LogP contribution < -0.4 is 10.6 Å². The molecule has 0 unspecified atom stereocenters.